The zero-order valence-corrected chi connectivity index (χ0v) is 19.1. The van der Waals surface area contributed by atoms with Gasteiger partial charge >= 0.3 is 5.97 Å². The molecular formula is C24H28ClNO5. The molecule has 1 saturated carbocycles. The summed E-state index contributed by atoms with van der Waals surface area (Å²) in [5.74, 6) is 0.368. The van der Waals surface area contributed by atoms with Crippen LogP contribution in [-0.2, 0) is 15.9 Å². The molecule has 0 N–H and O–H groups in total. The zero-order valence-electron chi connectivity index (χ0n) is 18.3. The summed E-state index contributed by atoms with van der Waals surface area (Å²) in [6.45, 7) is 6.21. The number of hydrogen-bond donors (Lipinski definition) is 0. The van der Waals surface area contributed by atoms with Crippen molar-refractivity contribution in [2.45, 2.75) is 58.3 Å². The SMILES string of the molecule is CCOC(=O)c1cn2c(cc1=O)-c1cc(Cl)c(OC3CC(OC)C3)cc1CC2C(C)C. The third-order valence-corrected chi connectivity index (χ3v) is 6.54. The van der Waals surface area contributed by atoms with Gasteiger partial charge in [0.25, 0.3) is 0 Å². The molecule has 0 radical (unpaired) electrons. The van der Waals surface area contributed by atoms with E-state index in [1.54, 1.807) is 20.2 Å². The first-order valence-electron chi connectivity index (χ1n) is 10.8. The lowest BCUT2D eigenvalue weighted by Gasteiger charge is -2.36. The van der Waals surface area contributed by atoms with Gasteiger partial charge in [0.05, 0.1) is 23.4 Å². The highest BCUT2D eigenvalue weighted by atomic mass is 35.5. The molecule has 6 nitrogen and oxygen atoms in total. The van der Waals surface area contributed by atoms with Crippen molar-refractivity contribution in [1.29, 1.82) is 0 Å². The minimum Gasteiger partial charge on any atom is -0.489 e. The Morgan fingerprint density at radius 3 is 2.61 bits per heavy atom. The van der Waals surface area contributed by atoms with Gasteiger partial charge in [0.2, 0.25) is 0 Å². The van der Waals surface area contributed by atoms with Gasteiger partial charge in [-0.2, -0.15) is 0 Å². The molecule has 0 spiro atoms. The second kappa shape index (κ2) is 8.67. The van der Waals surface area contributed by atoms with Crippen LogP contribution in [0, 0.1) is 5.92 Å². The number of fused-ring (bicyclic) bond motifs is 3. The minimum absolute atomic E-state index is 0.0587. The smallest absolute Gasteiger partial charge is 0.343 e. The molecule has 31 heavy (non-hydrogen) atoms. The van der Waals surface area contributed by atoms with E-state index in [4.69, 9.17) is 25.8 Å². The van der Waals surface area contributed by atoms with E-state index >= 15 is 0 Å². The normalized spacial score (nSPS) is 21.8. The molecular weight excluding hydrogens is 418 g/mol. The minimum atomic E-state index is -0.590. The summed E-state index contributed by atoms with van der Waals surface area (Å²) in [7, 11) is 1.71. The van der Waals surface area contributed by atoms with Crippen LogP contribution in [0.4, 0.5) is 0 Å². The number of ether oxygens (including phenoxy) is 3. The zero-order chi connectivity index (χ0) is 22.3. The summed E-state index contributed by atoms with van der Waals surface area (Å²) < 4.78 is 18.5. The summed E-state index contributed by atoms with van der Waals surface area (Å²) in [5, 5.41) is 0.510. The van der Waals surface area contributed by atoms with Crippen molar-refractivity contribution in [3.8, 4) is 17.0 Å². The van der Waals surface area contributed by atoms with Gasteiger partial charge in [0.15, 0.2) is 5.43 Å². The van der Waals surface area contributed by atoms with Crippen LogP contribution in [0.5, 0.6) is 5.75 Å². The topological polar surface area (TPSA) is 66.8 Å². The van der Waals surface area contributed by atoms with Crippen LogP contribution in [0.1, 0.15) is 55.6 Å². The van der Waals surface area contributed by atoms with Crippen LogP contribution < -0.4 is 10.2 Å². The summed E-state index contributed by atoms with van der Waals surface area (Å²) >= 11 is 6.57. The van der Waals surface area contributed by atoms with E-state index in [1.165, 1.54) is 6.07 Å². The molecule has 1 aliphatic carbocycles. The quantitative estimate of drug-likeness (QED) is 0.605. The Kier molecular flexibility index (Phi) is 6.13. The highest BCUT2D eigenvalue weighted by molar-refractivity contribution is 6.32. The highest BCUT2D eigenvalue weighted by Gasteiger charge is 2.33. The van der Waals surface area contributed by atoms with Crippen LogP contribution >= 0.6 is 11.6 Å². The van der Waals surface area contributed by atoms with Crippen LogP contribution in [0.2, 0.25) is 5.02 Å². The number of hydrogen-bond acceptors (Lipinski definition) is 5. The molecule has 1 aliphatic heterocycles. The highest BCUT2D eigenvalue weighted by Crippen LogP contribution is 2.42. The lowest BCUT2D eigenvalue weighted by molar-refractivity contribution is -0.0380. The van der Waals surface area contributed by atoms with Gasteiger partial charge in [-0.25, -0.2) is 4.79 Å². The van der Waals surface area contributed by atoms with Gasteiger partial charge in [-0.05, 0) is 37.0 Å². The fourth-order valence-electron chi connectivity index (χ4n) is 4.36. The number of pyridine rings is 1. The van der Waals surface area contributed by atoms with Crippen LogP contribution in [0.25, 0.3) is 11.3 Å². The average molecular weight is 446 g/mol. The second-order valence-electron chi connectivity index (χ2n) is 8.59. The van der Waals surface area contributed by atoms with Crippen molar-refractivity contribution in [2.24, 2.45) is 5.92 Å². The predicted octanol–water partition coefficient (Wildman–Crippen LogP) is 4.65. The third kappa shape index (κ3) is 4.11. The van der Waals surface area contributed by atoms with E-state index in [-0.39, 0.29) is 35.8 Å². The van der Waals surface area contributed by atoms with Crippen molar-refractivity contribution in [3.63, 3.8) is 0 Å². The van der Waals surface area contributed by atoms with Crippen LogP contribution in [0.3, 0.4) is 0 Å². The Labute approximate surface area is 187 Å². The number of aromatic nitrogens is 1. The van der Waals surface area contributed by atoms with Crippen molar-refractivity contribution in [2.75, 3.05) is 13.7 Å². The maximum absolute atomic E-state index is 12.7. The number of nitrogens with zero attached hydrogens (tertiary/aromatic N) is 1. The lowest BCUT2D eigenvalue weighted by atomic mass is 9.87. The number of carbonyl (C=O) groups excluding carboxylic acids is 1. The van der Waals surface area contributed by atoms with E-state index in [0.29, 0.717) is 16.7 Å². The Balaban J connectivity index is 1.74. The molecule has 1 aromatic heterocycles. The molecule has 1 fully saturated rings. The van der Waals surface area contributed by atoms with Gasteiger partial charge in [-0.15, -0.1) is 0 Å². The van der Waals surface area contributed by atoms with Crippen molar-refractivity contribution >= 4 is 17.6 Å². The molecule has 1 aromatic carbocycles. The van der Waals surface area contributed by atoms with Gasteiger partial charge in [0, 0.05) is 43.8 Å². The van der Waals surface area contributed by atoms with E-state index in [2.05, 4.69) is 13.8 Å². The van der Waals surface area contributed by atoms with E-state index in [9.17, 15) is 9.59 Å². The first kappa shape index (κ1) is 21.9. The van der Waals surface area contributed by atoms with Crippen LogP contribution in [0.15, 0.2) is 29.2 Å². The van der Waals surface area contributed by atoms with Crippen molar-refractivity contribution in [1.82, 2.24) is 4.57 Å². The molecule has 2 aliphatic rings. The van der Waals surface area contributed by atoms with Crippen LogP contribution in [-0.4, -0.2) is 36.5 Å². The molecule has 2 aromatic rings. The Hall–Kier alpha value is -2.31. The van der Waals surface area contributed by atoms with E-state index in [1.807, 2.05) is 16.7 Å². The number of halogens is 1. The monoisotopic (exact) mass is 445 g/mol. The van der Waals surface area contributed by atoms with Gasteiger partial charge in [-0.3, -0.25) is 4.79 Å². The summed E-state index contributed by atoms with van der Waals surface area (Å²) in [4.78, 5) is 25.0. The molecule has 4 rings (SSSR count). The molecule has 7 heteroatoms. The van der Waals surface area contributed by atoms with Gasteiger partial charge < -0.3 is 18.8 Å². The fraction of sp³-hybridized carbons (Fsp3) is 0.500. The average Bonchev–Trinajstić information content (AvgIpc) is 2.69. The summed E-state index contributed by atoms with van der Waals surface area (Å²) in [5.41, 5.74) is 2.45. The van der Waals surface area contributed by atoms with Gasteiger partial charge in [-0.1, -0.05) is 25.4 Å². The third-order valence-electron chi connectivity index (χ3n) is 6.24. The maximum atomic E-state index is 12.7. The predicted molar refractivity (Wildman–Crippen MR) is 119 cm³/mol. The van der Waals surface area contributed by atoms with Crippen molar-refractivity contribution < 1.29 is 19.0 Å². The van der Waals surface area contributed by atoms with E-state index < -0.39 is 5.97 Å². The van der Waals surface area contributed by atoms with E-state index in [0.717, 1.165) is 36.1 Å². The van der Waals surface area contributed by atoms with Crippen molar-refractivity contribution in [3.05, 3.63) is 50.8 Å². The fourth-order valence-corrected chi connectivity index (χ4v) is 4.57. The molecule has 2 heterocycles. The number of methoxy groups -OCH3 is 1. The maximum Gasteiger partial charge on any atom is 0.343 e. The standard InChI is InChI=1S/C24H28ClNO5/c1-5-30-24(28)18-12-26-20(13(2)3)6-14-7-23(31-16-8-15(9-16)29-4)19(25)10-17(14)21(26)11-22(18)27/h7,10-13,15-16,20H,5-6,8-9H2,1-4H3. The summed E-state index contributed by atoms with van der Waals surface area (Å²) in [6.07, 6.45) is 4.46. The summed E-state index contributed by atoms with van der Waals surface area (Å²) in [6, 6.07) is 5.48. The molecule has 1 atom stereocenters. The number of rotatable bonds is 6. The largest absolute Gasteiger partial charge is 0.489 e. The Bertz CT molecular complexity index is 1050. The first-order chi connectivity index (χ1) is 14.8. The molecule has 0 bridgehead atoms. The molecule has 1 unspecified atom stereocenters. The Morgan fingerprint density at radius 1 is 1.23 bits per heavy atom. The number of benzene rings is 1. The second-order valence-corrected chi connectivity index (χ2v) is 9.00. The first-order valence-corrected chi connectivity index (χ1v) is 11.2. The molecule has 0 saturated heterocycles. The molecule has 166 valence electrons. The number of carbonyl (C=O) groups is 1. The molecule has 0 amide bonds. The van der Waals surface area contributed by atoms with Gasteiger partial charge in [0.1, 0.15) is 17.4 Å². The number of esters is 1. The lowest BCUT2D eigenvalue weighted by Crippen LogP contribution is -2.38. The Morgan fingerprint density at radius 2 is 1.97 bits per heavy atom.